The van der Waals surface area contributed by atoms with Crippen LogP contribution in [0.5, 0.6) is 5.75 Å². The first-order valence-corrected chi connectivity index (χ1v) is 13.9. The fourth-order valence-electron chi connectivity index (χ4n) is 4.07. The third kappa shape index (κ3) is 6.73. The zero-order chi connectivity index (χ0) is 27.1. The first-order chi connectivity index (χ1) is 18.4. The number of anilines is 2. The molecule has 3 aromatic rings. The lowest BCUT2D eigenvalue weighted by molar-refractivity contribution is -0.129. The number of para-hydroxylation sites is 1. The van der Waals surface area contributed by atoms with Gasteiger partial charge >= 0.3 is 0 Å². The molecule has 10 heteroatoms. The molecule has 196 valence electrons. The Labute approximate surface area is 230 Å². The number of carbonyl (C=O) groups is 3. The number of rotatable bonds is 9. The standard InChI is InChI=1S/C28H28N4O4S2/c1-3-24(27(35)31-28-23(15-29)22-12-13-32(18(2)33)16-25(22)38-28)37-21-11-7-8-19(14-21)30-26(34)17-36-20-9-5-4-6-10-20/h4-11,14,24H,3,12-13,16-17H2,1-2H3,(H,30,34)(H,31,35). The molecular formula is C28H28N4O4S2. The Morgan fingerprint density at radius 3 is 2.66 bits per heavy atom. The van der Waals surface area contributed by atoms with Crippen molar-refractivity contribution in [2.45, 2.75) is 43.4 Å². The van der Waals surface area contributed by atoms with Crippen LogP contribution in [0.4, 0.5) is 10.7 Å². The number of fused-ring (bicyclic) bond motifs is 1. The maximum Gasteiger partial charge on any atom is 0.262 e. The van der Waals surface area contributed by atoms with Gasteiger partial charge in [-0.2, -0.15) is 5.26 Å². The van der Waals surface area contributed by atoms with Gasteiger partial charge in [0.1, 0.15) is 16.8 Å². The van der Waals surface area contributed by atoms with E-state index in [1.165, 1.54) is 30.0 Å². The second-order valence-electron chi connectivity index (χ2n) is 8.69. The molecule has 4 rings (SSSR count). The van der Waals surface area contributed by atoms with Crippen LogP contribution in [0, 0.1) is 11.3 Å². The number of hydrogen-bond acceptors (Lipinski definition) is 7. The number of thioether (sulfide) groups is 1. The van der Waals surface area contributed by atoms with Crippen molar-refractivity contribution < 1.29 is 19.1 Å². The van der Waals surface area contributed by atoms with Crippen LogP contribution >= 0.6 is 23.1 Å². The number of nitriles is 1. The van der Waals surface area contributed by atoms with Crippen LogP contribution in [0.3, 0.4) is 0 Å². The van der Waals surface area contributed by atoms with Crippen molar-refractivity contribution in [3.63, 3.8) is 0 Å². The molecule has 0 fully saturated rings. The second kappa shape index (κ2) is 12.6. The minimum absolute atomic E-state index is 0.00210. The highest BCUT2D eigenvalue weighted by Crippen LogP contribution is 2.37. The number of benzene rings is 2. The van der Waals surface area contributed by atoms with Crippen LogP contribution in [-0.4, -0.2) is 41.0 Å². The summed E-state index contributed by atoms with van der Waals surface area (Å²) >= 11 is 2.76. The zero-order valence-corrected chi connectivity index (χ0v) is 22.8. The van der Waals surface area contributed by atoms with Gasteiger partial charge in [0.2, 0.25) is 11.8 Å². The van der Waals surface area contributed by atoms with Crippen molar-refractivity contribution in [1.29, 1.82) is 5.26 Å². The molecule has 0 spiro atoms. The lowest BCUT2D eigenvalue weighted by Crippen LogP contribution is -2.33. The average Bonchev–Trinajstić information content (AvgIpc) is 3.27. The molecule has 0 bridgehead atoms. The van der Waals surface area contributed by atoms with E-state index in [4.69, 9.17) is 4.74 Å². The number of amides is 3. The molecule has 2 aromatic carbocycles. The third-order valence-electron chi connectivity index (χ3n) is 6.02. The fourth-order valence-corrected chi connectivity index (χ4v) is 6.30. The minimum atomic E-state index is -0.401. The van der Waals surface area contributed by atoms with Crippen LogP contribution in [0.15, 0.2) is 59.5 Å². The van der Waals surface area contributed by atoms with Crippen LogP contribution in [0.25, 0.3) is 0 Å². The Kier molecular flexibility index (Phi) is 9.05. The highest BCUT2D eigenvalue weighted by atomic mass is 32.2. The second-order valence-corrected chi connectivity index (χ2v) is 11.1. The van der Waals surface area contributed by atoms with Gasteiger partial charge in [-0.05, 0) is 48.7 Å². The summed E-state index contributed by atoms with van der Waals surface area (Å²) in [4.78, 5) is 40.8. The van der Waals surface area contributed by atoms with Gasteiger partial charge in [0.05, 0.1) is 17.4 Å². The maximum absolute atomic E-state index is 13.2. The molecule has 1 aliphatic heterocycles. The van der Waals surface area contributed by atoms with Crippen LogP contribution < -0.4 is 15.4 Å². The summed E-state index contributed by atoms with van der Waals surface area (Å²) in [6.07, 6.45) is 1.17. The monoisotopic (exact) mass is 548 g/mol. The predicted octanol–water partition coefficient (Wildman–Crippen LogP) is 5.05. The normalized spacial score (nSPS) is 13.1. The van der Waals surface area contributed by atoms with Crippen molar-refractivity contribution in [3.05, 3.63) is 70.6 Å². The maximum atomic E-state index is 13.2. The van der Waals surface area contributed by atoms with E-state index >= 15 is 0 Å². The molecule has 38 heavy (non-hydrogen) atoms. The first kappa shape index (κ1) is 27.2. The molecule has 0 saturated carbocycles. The zero-order valence-electron chi connectivity index (χ0n) is 21.2. The Morgan fingerprint density at radius 1 is 1.16 bits per heavy atom. The number of ether oxygens (including phenoxy) is 1. The van der Waals surface area contributed by atoms with Gasteiger partial charge in [-0.15, -0.1) is 23.1 Å². The van der Waals surface area contributed by atoms with Crippen LogP contribution in [0.2, 0.25) is 0 Å². The number of nitrogens with one attached hydrogen (secondary N) is 2. The van der Waals surface area contributed by atoms with Gasteiger partial charge in [0.15, 0.2) is 6.61 Å². The van der Waals surface area contributed by atoms with E-state index in [1.807, 2.05) is 43.3 Å². The van der Waals surface area contributed by atoms with Crippen molar-refractivity contribution in [1.82, 2.24) is 4.90 Å². The van der Waals surface area contributed by atoms with E-state index in [9.17, 15) is 19.6 Å². The van der Waals surface area contributed by atoms with E-state index < -0.39 is 5.25 Å². The molecule has 3 amide bonds. The van der Waals surface area contributed by atoms with Crippen molar-refractivity contribution in [3.8, 4) is 11.8 Å². The summed E-state index contributed by atoms with van der Waals surface area (Å²) in [5.41, 5.74) is 2.02. The number of hydrogen-bond donors (Lipinski definition) is 2. The van der Waals surface area contributed by atoms with E-state index in [-0.39, 0.29) is 24.3 Å². The lowest BCUT2D eigenvalue weighted by Gasteiger charge is -2.25. The molecule has 2 heterocycles. The molecule has 1 unspecified atom stereocenters. The quantitative estimate of drug-likeness (QED) is 0.362. The first-order valence-electron chi connectivity index (χ1n) is 12.2. The van der Waals surface area contributed by atoms with E-state index in [0.717, 1.165) is 15.3 Å². The molecule has 2 N–H and O–H groups in total. The van der Waals surface area contributed by atoms with Crippen LogP contribution in [0.1, 0.15) is 36.3 Å². The lowest BCUT2D eigenvalue weighted by atomic mass is 10.0. The van der Waals surface area contributed by atoms with Crippen molar-refractivity contribution >= 4 is 51.5 Å². The van der Waals surface area contributed by atoms with Crippen molar-refractivity contribution in [2.24, 2.45) is 0 Å². The number of carbonyl (C=O) groups excluding carboxylic acids is 3. The topological polar surface area (TPSA) is 112 Å². The largest absolute Gasteiger partial charge is 0.484 e. The van der Waals surface area contributed by atoms with E-state index in [1.54, 1.807) is 23.1 Å². The van der Waals surface area contributed by atoms with E-state index in [0.29, 0.717) is 47.9 Å². The summed E-state index contributed by atoms with van der Waals surface area (Å²) < 4.78 is 5.50. The third-order valence-corrected chi connectivity index (χ3v) is 8.51. The molecule has 0 aliphatic carbocycles. The molecule has 1 atom stereocenters. The highest BCUT2D eigenvalue weighted by molar-refractivity contribution is 8.00. The minimum Gasteiger partial charge on any atom is -0.484 e. The number of thiophene rings is 1. The predicted molar refractivity (Wildman–Crippen MR) is 149 cm³/mol. The molecular weight excluding hydrogens is 520 g/mol. The highest BCUT2D eigenvalue weighted by Gasteiger charge is 2.27. The summed E-state index contributed by atoms with van der Waals surface area (Å²) in [6.45, 7) is 4.38. The molecule has 8 nitrogen and oxygen atoms in total. The number of nitrogens with zero attached hydrogens (tertiary/aromatic N) is 2. The van der Waals surface area contributed by atoms with E-state index in [2.05, 4.69) is 16.7 Å². The Hall–Kier alpha value is -3.81. The summed E-state index contributed by atoms with van der Waals surface area (Å²) in [5.74, 6) is 0.139. The molecule has 1 aromatic heterocycles. The Balaban J connectivity index is 1.38. The summed E-state index contributed by atoms with van der Waals surface area (Å²) in [5, 5.41) is 15.7. The summed E-state index contributed by atoms with van der Waals surface area (Å²) in [6, 6.07) is 18.7. The fraction of sp³-hybridized carbons (Fsp3) is 0.286. The van der Waals surface area contributed by atoms with Crippen molar-refractivity contribution in [2.75, 3.05) is 23.8 Å². The smallest absolute Gasteiger partial charge is 0.262 e. The van der Waals surface area contributed by atoms with Gasteiger partial charge in [-0.3, -0.25) is 14.4 Å². The SMILES string of the molecule is CCC(Sc1cccc(NC(=O)COc2ccccc2)c1)C(=O)Nc1sc2c(c1C#N)CCN(C(C)=O)C2. The average molecular weight is 549 g/mol. The van der Waals surface area contributed by atoms with Gasteiger partial charge < -0.3 is 20.3 Å². The van der Waals surface area contributed by atoms with Gasteiger partial charge in [0.25, 0.3) is 5.91 Å². The van der Waals surface area contributed by atoms with Gasteiger partial charge in [-0.25, -0.2) is 0 Å². The Bertz CT molecular complexity index is 1370. The molecule has 0 radical (unpaired) electrons. The van der Waals surface area contributed by atoms with Gasteiger partial charge in [0, 0.05) is 28.9 Å². The Morgan fingerprint density at radius 2 is 1.95 bits per heavy atom. The molecule has 0 saturated heterocycles. The summed E-state index contributed by atoms with van der Waals surface area (Å²) in [7, 11) is 0. The molecule has 1 aliphatic rings. The van der Waals surface area contributed by atoms with Crippen LogP contribution in [-0.2, 0) is 27.3 Å². The van der Waals surface area contributed by atoms with Gasteiger partial charge in [-0.1, -0.05) is 31.2 Å².